The predicted molar refractivity (Wildman–Crippen MR) is 190 cm³/mol. The van der Waals surface area contributed by atoms with Gasteiger partial charge in [-0.2, -0.15) is 0 Å². The van der Waals surface area contributed by atoms with Gasteiger partial charge in [-0.3, -0.25) is 14.4 Å². The van der Waals surface area contributed by atoms with E-state index in [1.165, 1.54) is 11.8 Å². The number of hydrogen-bond acceptors (Lipinski definition) is 5. The van der Waals surface area contributed by atoms with E-state index in [4.69, 9.17) is 27.9 Å². The number of ether oxygens (including phenoxy) is 1. The van der Waals surface area contributed by atoms with E-state index in [9.17, 15) is 14.4 Å². The molecular weight excluding hydrogens is 653 g/mol. The first kappa shape index (κ1) is 33.3. The van der Waals surface area contributed by atoms with Gasteiger partial charge < -0.3 is 20.7 Å². The van der Waals surface area contributed by atoms with E-state index in [-0.39, 0.29) is 11.6 Å². The minimum Gasteiger partial charge on any atom is -0.497 e. The molecule has 1 unspecified atom stereocenters. The summed E-state index contributed by atoms with van der Waals surface area (Å²) in [6.07, 6.45) is 1.58. The lowest BCUT2D eigenvalue weighted by molar-refractivity contribution is -0.116. The van der Waals surface area contributed by atoms with Crippen LogP contribution in [0.5, 0.6) is 5.75 Å². The first-order chi connectivity index (χ1) is 22.8. The summed E-state index contributed by atoms with van der Waals surface area (Å²) in [5.74, 6) is -0.648. The second-order valence-electron chi connectivity index (χ2n) is 10.2. The highest BCUT2D eigenvalue weighted by Gasteiger charge is 2.23. The Morgan fingerprint density at radius 2 is 1.49 bits per heavy atom. The van der Waals surface area contributed by atoms with Crippen LogP contribution >= 0.6 is 35.0 Å². The van der Waals surface area contributed by atoms with E-state index < -0.39 is 17.1 Å². The van der Waals surface area contributed by atoms with Crippen LogP contribution in [0.1, 0.15) is 26.7 Å². The number of halogens is 2. The Morgan fingerprint density at radius 3 is 2.21 bits per heavy atom. The lowest BCUT2D eigenvalue weighted by atomic mass is 10.1. The van der Waals surface area contributed by atoms with Gasteiger partial charge in [-0.25, -0.2) is 0 Å². The summed E-state index contributed by atoms with van der Waals surface area (Å²) in [5.41, 5.74) is 2.79. The molecule has 0 heterocycles. The van der Waals surface area contributed by atoms with Gasteiger partial charge in [0.1, 0.15) is 16.7 Å². The number of anilines is 2. The third-order valence-corrected chi connectivity index (χ3v) is 8.60. The van der Waals surface area contributed by atoms with Crippen molar-refractivity contribution in [1.82, 2.24) is 5.32 Å². The maximum Gasteiger partial charge on any atom is 0.272 e. The fraction of sp³-hybridized carbons (Fsp3) is 0.0541. The molecule has 0 aliphatic rings. The number of rotatable bonds is 11. The lowest BCUT2D eigenvalue weighted by Crippen LogP contribution is -2.30. The SMILES string of the molecule is COc1cccc(/C=C(\NC(=O)c2ccccc2)C(=O)Nc2cccc(SC(C(=O)Nc3ccc(Cl)cc3Cl)c3ccccc3)c2)c1. The standard InChI is InChI=1S/C37H29Cl2N3O4S/c1-46-29-16-8-10-24(20-29)21-33(42-35(43)26-13-6-3-7-14-26)36(44)40-28-15-9-17-30(23-28)47-34(25-11-4-2-5-12-25)37(45)41-32-19-18-27(38)22-31(32)39/h2-23,34H,1H3,(H,40,44)(H,41,45)(H,42,43)/b33-21-. The van der Waals surface area contributed by atoms with Gasteiger partial charge >= 0.3 is 0 Å². The third-order valence-electron chi connectivity index (χ3n) is 6.81. The molecule has 0 aromatic heterocycles. The van der Waals surface area contributed by atoms with Crippen molar-refractivity contribution in [3.05, 3.63) is 160 Å². The van der Waals surface area contributed by atoms with E-state index in [2.05, 4.69) is 16.0 Å². The van der Waals surface area contributed by atoms with Crippen molar-refractivity contribution in [1.29, 1.82) is 0 Å². The van der Waals surface area contributed by atoms with Crippen molar-refractivity contribution < 1.29 is 19.1 Å². The van der Waals surface area contributed by atoms with Crippen LogP contribution in [0.4, 0.5) is 11.4 Å². The van der Waals surface area contributed by atoms with Gasteiger partial charge in [-0.05, 0) is 77.9 Å². The number of carbonyl (C=O) groups is 3. The monoisotopic (exact) mass is 681 g/mol. The molecule has 0 aliphatic heterocycles. The van der Waals surface area contributed by atoms with Gasteiger partial charge in [-0.15, -0.1) is 11.8 Å². The van der Waals surface area contributed by atoms with E-state index in [0.29, 0.717) is 38.3 Å². The second-order valence-corrected chi connectivity index (χ2v) is 12.2. The van der Waals surface area contributed by atoms with Crippen molar-refractivity contribution in [2.45, 2.75) is 10.1 Å². The average Bonchev–Trinajstić information content (AvgIpc) is 3.09. The Hall–Kier alpha value is -5.02. The molecule has 5 aromatic carbocycles. The molecule has 0 bridgehead atoms. The maximum absolute atomic E-state index is 13.6. The van der Waals surface area contributed by atoms with Gasteiger partial charge in [0.25, 0.3) is 11.8 Å². The summed E-state index contributed by atoms with van der Waals surface area (Å²) < 4.78 is 5.32. The third kappa shape index (κ3) is 9.26. The highest BCUT2D eigenvalue weighted by Crippen LogP contribution is 2.38. The van der Waals surface area contributed by atoms with Crippen LogP contribution in [0.2, 0.25) is 10.0 Å². The zero-order valence-electron chi connectivity index (χ0n) is 25.1. The summed E-state index contributed by atoms with van der Waals surface area (Å²) >= 11 is 13.7. The fourth-order valence-corrected chi connectivity index (χ4v) is 6.05. The number of carbonyl (C=O) groups excluding carboxylic acids is 3. The van der Waals surface area contributed by atoms with Crippen LogP contribution in [-0.4, -0.2) is 24.8 Å². The summed E-state index contributed by atoms with van der Waals surface area (Å²) in [6.45, 7) is 0. The summed E-state index contributed by atoms with van der Waals surface area (Å²) in [7, 11) is 1.55. The normalized spacial score (nSPS) is 11.7. The molecule has 10 heteroatoms. The van der Waals surface area contributed by atoms with Gasteiger partial charge in [0, 0.05) is 21.2 Å². The topological polar surface area (TPSA) is 96.5 Å². The largest absolute Gasteiger partial charge is 0.497 e. The van der Waals surface area contributed by atoms with Crippen molar-refractivity contribution in [2.24, 2.45) is 0 Å². The van der Waals surface area contributed by atoms with Crippen LogP contribution in [0.15, 0.2) is 138 Å². The predicted octanol–water partition coefficient (Wildman–Crippen LogP) is 8.88. The molecule has 7 nitrogen and oxygen atoms in total. The highest BCUT2D eigenvalue weighted by molar-refractivity contribution is 8.00. The Kier molecular flexibility index (Phi) is 11.4. The van der Waals surface area contributed by atoms with Crippen molar-refractivity contribution in [3.8, 4) is 5.75 Å². The lowest BCUT2D eigenvalue weighted by Gasteiger charge is -2.18. The van der Waals surface area contributed by atoms with Crippen LogP contribution < -0.4 is 20.7 Å². The Balaban J connectivity index is 1.39. The van der Waals surface area contributed by atoms with Crippen molar-refractivity contribution in [3.63, 3.8) is 0 Å². The van der Waals surface area contributed by atoms with E-state index in [1.807, 2.05) is 36.4 Å². The second kappa shape index (κ2) is 16.0. The first-order valence-electron chi connectivity index (χ1n) is 14.4. The molecule has 3 amide bonds. The van der Waals surface area contributed by atoms with Gasteiger partial charge in [0.2, 0.25) is 5.91 Å². The Labute approximate surface area is 287 Å². The molecule has 47 heavy (non-hydrogen) atoms. The van der Waals surface area contributed by atoms with Crippen LogP contribution in [0.3, 0.4) is 0 Å². The Morgan fingerprint density at radius 1 is 0.766 bits per heavy atom. The van der Waals surface area contributed by atoms with Gasteiger partial charge in [-0.1, -0.05) is 89.9 Å². The molecule has 3 N–H and O–H groups in total. The van der Waals surface area contributed by atoms with Crippen LogP contribution in [0, 0.1) is 0 Å². The van der Waals surface area contributed by atoms with E-state index in [1.54, 1.807) is 104 Å². The van der Waals surface area contributed by atoms with E-state index in [0.717, 1.165) is 10.5 Å². The number of hydrogen-bond donors (Lipinski definition) is 3. The van der Waals surface area contributed by atoms with Gasteiger partial charge in [0.05, 0.1) is 17.8 Å². The van der Waals surface area contributed by atoms with Crippen LogP contribution in [0.25, 0.3) is 6.08 Å². The molecule has 5 aromatic rings. The maximum atomic E-state index is 13.6. The average molecular weight is 683 g/mol. The number of methoxy groups -OCH3 is 1. The van der Waals surface area contributed by atoms with Gasteiger partial charge in [0.15, 0.2) is 0 Å². The molecular formula is C37H29Cl2N3O4S. The molecule has 0 spiro atoms. The van der Waals surface area contributed by atoms with E-state index >= 15 is 0 Å². The smallest absolute Gasteiger partial charge is 0.272 e. The summed E-state index contributed by atoms with van der Waals surface area (Å²) in [5, 5.41) is 8.67. The Bertz CT molecular complexity index is 1920. The van der Waals surface area contributed by atoms with Crippen LogP contribution in [-0.2, 0) is 9.59 Å². The molecule has 0 saturated heterocycles. The fourth-order valence-electron chi connectivity index (χ4n) is 4.51. The minimum atomic E-state index is -0.650. The number of nitrogens with one attached hydrogen (secondary N) is 3. The summed E-state index contributed by atoms with van der Waals surface area (Å²) in [4.78, 5) is 41.0. The zero-order chi connectivity index (χ0) is 33.2. The molecule has 0 saturated carbocycles. The highest BCUT2D eigenvalue weighted by atomic mass is 35.5. The molecule has 1 atom stereocenters. The number of amides is 3. The molecule has 0 aliphatic carbocycles. The zero-order valence-corrected chi connectivity index (χ0v) is 27.4. The number of thioether (sulfide) groups is 1. The molecule has 236 valence electrons. The molecule has 0 fully saturated rings. The summed E-state index contributed by atoms with van der Waals surface area (Å²) in [6, 6.07) is 37.1. The molecule has 0 radical (unpaired) electrons. The van der Waals surface area contributed by atoms with Crippen molar-refractivity contribution in [2.75, 3.05) is 17.7 Å². The first-order valence-corrected chi connectivity index (χ1v) is 16.0. The minimum absolute atomic E-state index is 0.0338. The molecule has 5 rings (SSSR count). The van der Waals surface area contributed by atoms with Crippen molar-refractivity contribution >= 4 is 70.1 Å². The quantitative estimate of drug-likeness (QED) is 0.0956. The number of benzene rings is 5.